The number of benzene rings is 2. The summed E-state index contributed by atoms with van der Waals surface area (Å²) < 4.78 is 11.3. The topological polar surface area (TPSA) is 54.9 Å². The van der Waals surface area contributed by atoms with E-state index >= 15 is 0 Å². The van der Waals surface area contributed by atoms with Crippen LogP contribution in [0.5, 0.6) is 5.75 Å². The summed E-state index contributed by atoms with van der Waals surface area (Å²) in [6.07, 6.45) is 2.58. The number of carbonyl (C=O) groups excluding carboxylic acids is 1. The molecule has 1 saturated heterocycles. The lowest BCUT2D eigenvalue weighted by atomic mass is 10.2. The number of likely N-dealkylation sites (N-methyl/N-ethyl adjacent to an activating group) is 1. The smallest absolute Gasteiger partial charge is 0.342 e. The zero-order valence-electron chi connectivity index (χ0n) is 20.2. The quantitative estimate of drug-likeness (QED) is 0.423. The second-order valence-electron chi connectivity index (χ2n) is 9.04. The van der Waals surface area contributed by atoms with Gasteiger partial charge in [0, 0.05) is 38.9 Å². The number of aromatic nitrogens is 1. The Morgan fingerprint density at radius 1 is 1.06 bits per heavy atom. The van der Waals surface area contributed by atoms with Gasteiger partial charge in [0.15, 0.2) is 0 Å². The maximum absolute atomic E-state index is 12.5. The third-order valence-electron chi connectivity index (χ3n) is 6.06. The molecule has 2 heterocycles. The van der Waals surface area contributed by atoms with Gasteiger partial charge in [0.2, 0.25) is 0 Å². The number of carbonyl (C=O) groups is 1. The minimum atomic E-state index is -0.325. The van der Waals surface area contributed by atoms with Crippen molar-refractivity contribution in [2.24, 2.45) is 0 Å². The van der Waals surface area contributed by atoms with Gasteiger partial charge in [0.25, 0.3) is 0 Å². The van der Waals surface area contributed by atoms with Crippen LogP contribution >= 0.6 is 0 Å². The van der Waals surface area contributed by atoms with Crippen LogP contribution in [0.25, 0.3) is 0 Å². The summed E-state index contributed by atoms with van der Waals surface area (Å²) in [4.78, 5) is 21.6. The van der Waals surface area contributed by atoms with Crippen LogP contribution in [0, 0.1) is 0 Å². The SMILES string of the molecule is CC(C)OC(=O)c1cccnc1N(C)C1CCN(Cc2ccc(OCc3ccccc3)cc2)C1. The minimum absolute atomic E-state index is 0.164. The zero-order valence-corrected chi connectivity index (χ0v) is 20.2. The van der Waals surface area contributed by atoms with E-state index in [-0.39, 0.29) is 18.1 Å². The van der Waals surface area contributed by atoms with E-state index in [4.69, 9.17) is 9.47 Å². The molecule has 1 atom stereocenters. The lowest BCUT2D eigenvalue weighted by Gasteiger charge is -2.27. The lowest BCUT2D eigenvalue weighted by molar-refractivity contribution is 0.0378. The predicted molar refractivity (Wildman–Crippen MR) is 134 cm³/mol. The average molecular weight is 460 g/mol. The van der Waals surface area contributed by atoms with Crippen LogP contribution < -0.4 is 9.64 Å². The molecule has 178 valence electrons. The Balaban J connectivity index is 1.32. The third kappa shape index (κ3) is 6.14. The van der Waals surface area contributed by atoms with Crippen molar-refractivity contribution in [3.63, 3.8) is 0 Å². The highest BCUT2D eigenvalue weighted by Gasteiger charge is 2.29. The van der Waals surface area contributed by atoms with Gasteiger partial charge in [0.05, 0.1) is 6.10 Å². The summed E-state index contributed by atoms with van der Waals surface area (Å²) in [5.74, 6) is 1.23. The van der Waals surface area contributed by atoms with E-state index in [1.807, 2.05) is 51.2 Å². The second-order valence-corrected chi connectivity index (χ2v) is 9.04. The highest BCUT2D eigenvalue weighted by atomic mass is 16.5. The molecule has 2 aromatic carbocycles. The van der Waals surface area contributed by atoms with Crippen molar-refractivity contribution in [3.05, 3.63) is 89.6 Å². The summed E-state index contributed by atoms with van der Waals surface area (Å²) in [7, 11) is 2.02. The van der Waals surface area contributed by atoms with Gasteiger partial charge in [-0.15, -0.1) is 0 Å². The molecule has 1 aliphatic heterocycles. The lowest BCUT2D eigenvalue weighted by Crippen LogP contribution is -2.36. The highest BCUT2D eigenvalue weighted by Crippen LogP contribution is 2.25. The standard InChI is InChI=1S/C28H33N3O3/c1-21(2)34-28(32)26-10-7-16-29-27(26)30(3)24-15-17-31(19-24)18-22-11-13-25(14-12-22)33-20-23-8-5-4-6-9-23/h4-14,16,21,24H,15,17-20H2,1-3H3. The molecule has 4 rings (SSSR count). The number of rotatable bonds is 9. The molecule has 0 bridgehead atoms. The van der Waals surface area contributed by atoms with E-state index in [2.05, 4.69) is 39.0 Å². The molecule has 1 unspecified atom stereocenters. The Bertz CT molecular complexity index is 1070. The molecule has 1 aliphatic rings. The molecule has 0 saturated carbocycles. The molecule has 3 aromatic rings. The van der Waals surface area contributed by atoms with Crippen LogP contribution in [0.4, 0.5) is 5.82 Å². The molecular formula is C28H33N3O3. The minimum Gasteiger partial charge on any atom is -0.489 e. The number of pyridine rings is 1. The zero-order chi connectivity index (χ0) is 23.9. The van der Waals surface area contributed by atoms with Crippen LogP contribution in [0.2, 0.25) is 0 Å². The first-order chi connectivity index (χ1) is 16.5. The van der Waals surface area contributed by atoms with Crippen molar-refractivity contribution in [1.29, 1.82) is 0 Å². The summed E-state index contributed by atoms with van der Waals surface area (Å²) in [6, 6.07) is 22.4. The van der Waals surface area contributed by atoms with Crippen molar-refractivity contribution < 1.29 is 14.3 Å². The van der Waals surface area contributed by atoms with Crippen molar-refractivity contribution in [2.45, 2.75) is 45.6 Å². The molecule has 6 nitrogen and oxygen atoms in total. The predicted octanol–water partition coefficient (Wildman–Crippen LogP) is 4.94. The Hall–Kier alpha value is -3.38. The Kier molecular flexibility index (Phi) is 7.80. The molecule has 34 heavy (non-hydrogen) atoms. The normalized spacial score (nSPS) is 15.9. The first-order valence-corrected chi connectivity index (χ1v) is 11.9. The van der Waals surface area contributed by atoms with E-state index in [9.17, 15) is 4.79 Å². The maximum Gasteiger partial charge on any atom is 0.342 e. The molecule has 6 heteroatoms. The van der Waals surface area contributed by atoms with Crippen LogP contribution in [0.15, 0.2) is 72.9 Å². The van der Waals surface area contributed by atoms with Crippen LogP contribution in [-0.2, 0) is 17.9 Å². The van der Waals surface area contributed by atoms with Gasteiger partial charge < -0.3 is 14.4 Å². The number of hydrogen-bond donors (Lipinski definition) is 0. The maximum atomic E-state index is 12.5. The fourth-order valence-electron chi connectivity index (χ4n) is 4.25. The molecule has 0 aliphatic carbocycles. The van der Waals surface area contributed by atoms with Gasteiger partial charge in [-0.25, -0.2) is 9.78 Å². The van der Waals surface area contributed by atoms with Crippen molar-refractivity contribution in [3.8, 4) is 5.75 Å². The largest absolute Gasteiger partial charge is 0.489 e. The first-order valence-electron chi connectivity index (χ1n) is 11.9. The van der Waals surface area contributed by atoms with Gasteiger partial charge in [-0.05, 0) is 55.7 Å². The number of nitrogens with zero attached hydrogens (tertiary/aromatic N) is 3. The number of anilines is 1. The fourth-order valence-corrected chi connectivity index (χ4v) is 4.25. The molecule has 0 radical (unpaired) electrons. The van der Waals surface area contributed by atoms with E-state index in [1.54, 1.807) is 18.3 Å². The van der Waals surface area contributed by atoms with Crippen LogP contribution in [-0.4, -0.2) is 48.1 Å². The highest BCUT2D eigenvalue weighted by molar-refractivity contribution is 5.94. The number of esters is 1. The van der Waals surface area contributed by atoms with Crippen molar-refractivity contribution in [1.82, 2.24) is 9.88 Å². The van der Waals surface area contributed by atoms with Crippen molar-refractivity contribution in [2.75, 3.05) is 25.0 Å². The summed E-state index contributed by atoms with van der Waals surface area (Å²) >= 11 is 0. The number of hydrogen-bond acceptors (Lipinski definition) is 6. The van der Waals surface area contributed by atoms with Gasteiger partial charge >= 0.3 is 5.97 Å². The van der Waals surface area contributed by atoms with E-state index < -0.39 is 0 Å². The summed E-state index contributed by atoms with van der Waals surface area (Å²) in [5.41, 5.74) is 2.94. The Labute approximate surface area is 202 Å². The van der Waals surface area contributed by atoms with Gasteiger partial charge in [-0.1, -0.05) is 42.5 Å². The first kappa shape index (κ1) is 23.8. The van der Waals surface area contributed by atoms with Crippen LogP contribution in [0.1, 0.15) is 41.8 Å². The molecule has 0 spiro atoms. The van der Waals surface area contributed by atoms with Crippen molar-refractivity contribution >= 4 is 11.8 Å². The summed E-state index contributed by atoms with van der Waals surface area (Å²) in [5, 5.41) is 0. The van der Waals surface area contributed by atoms with E-state index in [1.165, 1.54) is 5.56 Å². The monoisotopic (exact) mass is 459 g/mol. The number of likely N-dealkylation sites (tertiary alicyclic amines) is 1. The van der Waals surface area contributed by atoms with Gasteiger partial charge in [-0.3, -0.25) is 4.90 Å². The van der Waals surface area contributed by atoms with Crippen LogP contribution in [0.3, 0.4) is 0 Å². The van der Waals surface area contributed by atoms with Gasteiger partial charge in [0.1, 0.15) is 23.7 Å². The Morgan fingerprint density at radius 2 is 1.82 bits per heavy atom. The molecular weight excluding hydrogens is 426 g/mol. The van der Waals surface area contributed by atoms with E-state index in [0.29, 0.717) is 18.0 Å². The third-order valence-corrected chi connectivity index (χ3v) is 6.06. The fraction of sp³-hybridized carbons (Fsp3) is 0.357. The Morgan fingerprint density at radius 3 is 2.56 bits per heavy atom. The molecule has 0 N–H and O–H groups in total. The van der Waals surface area contributed by atoms with E-state index in [0.717, 1.165) is 37.4 Å². The summed E-state index contributed by atoms with van der Waals surface area (Å²) in [6.45, 7) is 7.08. The molecule has 1 fully saturated rings. The molecule has 0 amide bonds. The average Bonchev–Trinajstić information content (AvgIpc) is 3.32. The van der Waals surface area contributed by atoms with Gasteiger partial charge in [-0.2, -0.15) is 0 Å². The molecule has 1 aromatic heterocycles. The second kappa shape index (κ2) is 11.2. The number of ether oxygens (including phenoxy) is 2.